The van der Waals surface area contributed by atoms with Crippen LogP contribution < -0.4 is 11.0 Å². The molecule has 1 aromatic heterocycles. The minimum absolute atomic E-state index is 0.0618. The van der Waals surface area contributed by atoms with Crippen molar-refractivity contribution in [2.24, 2.45) is 0 Å². The zero-order valence-corrected chi connectivity index (χ0v) is 13.0. The number of aryl methyl sites for hydroxylation is 1. The van der Waals surface area contributed by atoms with Gasteiger partial charge in [-0.1, -0.05) is 29.8 Å². The Bertz CT molecular complexity index is 915. The van der Waals surface area contributed by atoms with E-state index < -0.39 is 11.6 Å². The monoisotopic (exact) mass is 328 g/mol. The second-order valence-electron chi connectivity index (χ2n) is 4.94. The molecule has 6 nitrogen and oxygen atoms in total. The maximum Gasteiger partial charge on any atom is 0.348 e. The van der Waals surface area contributed by atoms with E-state index in [1.54, 1.807) is 42.5 Å². The first-order valence-electron chi connectivity index (χ1n) is 6.87. The van der Waals surface area contributed by atoms with E-state index >= 15 is 0 Å². The predicted octanol–water partition coefficient (Wildman–Crippen LogP) is 2.77. The molecular weight excluding hydrogens is 316 g/mol. The third kappa shape index (κ3) is 3.17. The Morgan fingerprint density at radius 3 is 2.65 bits per heavy atom. The van der Waals surface area contributed by atoms with Crippen molar-refractivity contribution in [1.29, 1.82) is 0 Å². The van der Waals surface area contributed by atoms with Crippen LogP contribution in [0, 0.1) is 6.92 Å². The fourth-order valence-corrected chi connectivity index (χ4v) is 2.35. The molecule has 7 heteroatoms. The SMILES string of the molecule is Cc1cc(Cl)ccc1NC(=O)c1nn(-c2ccccc2)c(=O)[nH]1. The van der Waals surface area contributed by atoms with Crippen LogP contribution in [-0.2, 0) is 0 Å². The van der Waals surface area contributed by atoms with Gasteiger partial charge in [0.2, 0.25) is 5.82 Å². The van der Waals surface area contributed by atoms with E-state index in [1.807, 2.05) is 13.0 Å². The second-order valence-corrected chi connectivity index (χ2v) is 5.38. The van der Waals surface area contributed by atoms with Crippen LogP contribution in [0.25, 0.3) is 5.69 Å². The van der Waals surface area contributed by atoms with Gasteiger partial charge >= 0.3 is 5.69 Å². The molecule has 1 heterocycles. The summed E-state index contributed by atoms with van der Waals surface area (Å²) in [6, 6.07) is 14.0. The van der Waals surface area contributed by atoms with E-state index in [9.17, 15) is 9.59 Å². The highest BCUT2D eigenvalue weighted by molar-refractivity contribution is 6.30. The molecular formula is C16H13ClN4O2. The standard InChI is InChI=1S/C16H13ClN4O2/c1-10-9-11(17)7-8-13(10)18-15(22)14-19-16(23)21(20-14)12-5-3-2-4-6-12/h2-9H,1H3,(H,18,22)(H,19,20,23). The Labute approximate surface area is 136 Å². The number of H-pyrrole nitrogens is 1. The highest BCUT2D eigenvalue weighted by Gasteiger charge is 2.15. The van der Waals surface area contributed by atoms with Crippen LogP contribution in [0.2, 0.25) is 5.02 Å². The number of nitrogens with one attached hydrogen (secondary N) is 2. The van der Waals surface area contributed by atoms with Gasteiger partial charge in [0, 0.05) is 10.7 Å². The third-order valence-corrected chi connectivity index (χ3v) is 3.51. The molecule has 0 fully saturated rings. The molecule has 0 saturated carbocycles. The van der Waals surface area contributed by atoms with Gasteiger partial charge < -0.3 is 5.32 Å². The summed E-state index contributed by atoms with van der Waals surface area (Å²) in [4.78, 5) is 26.7. The molecule has 0 aliphatic rings. The Balaban J connectivity index is 1.88. The van der Waals surface area contributed by atoms with Crippen LogP contribution in [-0.4, -0.2) is 20.7 Å². The average Bonchev–Trinajstić information content (AvgIpc) is 2.93. The zero-order chi connectivity index (χ0) is 16.4. The maximum atomic E-state index is 12.3. The van der Waals surface area contributed by atoms with Crippen LogP contribution in [0.4, 0.5) is 5.69 Å². The number of aromatic nitrogens is 3. The molecule has 0 aliphatic heterocycles. The van der Waals surface area contributed by atoms with Crippen molar-refractivity contribution in [2.75, 3.05) is 5.32 Å². The van der Waals surface area contributed by atoms with E-state index in [-0.39, 0.29) is 5.82 Å². The van der Waals surface area contributed by atoms with Gasteiger partial charge in [0.05, 0.1) is 5.69 Å². The van der Waals surface area contributed by atoms with Gasteiger partial charge in [-0.3, -0.25) is 9.78 Å². The molecule has 0 atom stereocenters. The molecule has 0 unspecified atom stereocenters. The Morgan fingerprint density at radius 1 is 1.22 bits per heavy atom. The Kier molecular flexibility index (Phi) is 3.99. The zero-order valence-electron chi connectivity index (χ0n) is 12.2. The third-order valence-electron chi connectivity index (χ3n) is 3.27. The topological polar surface area (TPSA) is 79.8 Å². The first kappa shape index (κ1) is 15.1. The summed E-state index contributed by atoms with van der Waals surface area (Å²) in [5, 5.41) is 7.32. The van der Waals surface area contributed by atoms with E-state index in [0.717, 1.165) is 10.2 Å². The first-order chi connectivity index (χ1) is 11.0. The number of halogens is 1. The van der Waals surface area contributed by atoms with Crippen molar-refractivity contribution in [2.45, 2.75) is 6.92 Å². The van der Waals surface area contributed by atoms with E-state index in [1.165, 1.54) is 0 Å². The fraction of sp³-hybridized carbons (Fsp3) is 0.0625. The number of anilines is 1. The predicted molar refractivity (Wildman–Crippen MR) is 88.3 cm³/mol. The Hall–Kier alpha value is -2.86. The lowest BCUT2D eigenvalue weighted by Crippen LogP contribution is -2.16. The number of para-hydroxylation sites is 1. The molecule has 0 spiro atoms. The van der Waals surface area contributed by atoms with Gasteiger partial charge in [0.25, 0.3) is 5.91 Å². The molecule has 1 amide bonds. The largest absolute Gasteiger partial charge is 0.348 e. The number of hydrogen-bond donors (Lipinski definition) is 2. The normalized spacial score (nSPS) is 10.5. The van der Waals surface area contributed by atoms with Crippen molar-refractivity contribution < 1.29 is 4.79 Å². The quantitative estimate of drug-likeness (QED) is 0.776. The lowest BCUT2D eigenvalue weighted by molar-refractivity contribution is 0.101. The number of hydrogen-bond acceptors (Lipinski definition) is 3. The van der Waals surface area contributed by atoms with Crippen molar-refractivity contribution in [3.05, 3.63) is 75.4 Å². The van der Waals surface area contributed by atoms with Crippen LogP contribution in [0.1, 0.15) is 16.2 Å². The van der Waals surface area contributed by atoms with Crippen molar-refractivity contribution in [1.82, 2.24) is 14.8 Å². The van der Waals surface area contributed by atoms with Crippen molar-refractivity contribution in [3.8, 4) is 5.69 Å². The average molecular weight is 329 g/mol. The lowest BCUT2D eigenvalue weighted by Gasteiger charge is -2.06. The van der Waals surface area contributed by atoms with Crippen LogP contribution in [0.5, 0.6) is 0 Å². The number of aromatic amines is 1. The van der Waals surface area contributed by atoms with E-state index in [0.29, 0.717) is 16.4 Å². The fourth-order valence-electron chi connectivity index (χ4n) is 2.12. The van der Waals surface area contributed by atoms with Gasteiger partial charge in [-0.2, -0.15) is 4.68 Å². The molecule has 3 aromatic rings. The van der Waals surface area contributed by atoms with Gasteiger partial charge in [0.15, 0.2) is 0 Å². The van der Waals surface area contributed by atoms with Crippen LogP contribution >= 0.6 is 11.6 Å². The van der Waals surface area contributed by atoms with Gasteiger partial charge in [-0.15, -0.1) is 5.10 Å². The highest BCUT2D eigenvalue weighted by atomic mass is 35.5. The summed E-state index contributed by atoms with van der Waals surface area (Å²) in [7, 11) is 0. The minimum atomic E-state index is -0.498. The summed E-state index contributed by atoms with van der Waals surface area (Å²) >= 11 is 5.89. The molecule has 2 aromatic carbocycles. The molecule has 3 rings (SSSR count). The summed E-state index contributed by atoms with van der Waals surface area (Å²) in [5.41, 5.74) is 1.52. The maximum absolute atomic E-state index is 12.3. The number of benzene rings is 2. The smallest absolute Gasteiger partial charge is 0.319 e. The summed E-state index contributed by atoms with van der Waals surface area (Å²) in [6.07, 6.45) is 0. The van der Waals surface area contributed by atoms with Crippen LogP contribution in [0.15, 0.2) is 53.3 Å². The summed E-state index contributed by atoms with van der Waals surface area (Å²) in [5.74, 6) is -0.560. The number of carbonyl (C=O) groups excluding carboxylic acids is 1. The van der Waals surface area contributed by atoms with Crippen molar-refractivity contribution >= 4 is 23.2 Å². The number of nitrogens with zero attached hydrogens (tertiary/aromatic N) is 2. The molecule has 0 aliphatic carbocycles. The molecule has 0 bridgehead atoms. The molecule has 2 N–H and O–H groups in total. The molecule has 0 radical (unpaired) electrons. The minimum Gasteiger partial charge on any atom is -0.319 e. The van der Waals surface area contributed by atoms with E-state index in [4.69, 9.17) is 11.6 Å². The summed E-state index contributed by atoms with van der Waals surface area (Å²) < 4.78 is 1.14. The number of amides is 1. The summed E-state index contributed by atoms with van der Waals surface area (Å²) in [6.45, 7) is 1.83. The van der Waals surface area contributed by atoms with Gasteiger partial charge in [-0.25, -0.2) is 4.79 Å². The van der Waals surface area contributed by atoms with Gasteiger partial charge in [0.1, 0.15) is 0 Å². The highest BCUT2D eigenvalue weighted by Crippen LogP contribution is 2.19. The van der Waals surface area contributed by atoms with Crippen molar-refractivity contribution in [3.63, 3.8) is 0 Å². The number of rotatable bonds is 3. The second kappa shape index (κ2) is 6.10. The van der Waals surface area contributed by atoms with Gasteiger partial charge in [-0.05, 0) is 42.8 Å². The number of carbonyl (C=O) groups is 1. The van der Waals surface area contributed by atoms with E-state index in [2.05, 4.69) is 15.4 Å². The molecule has 0 saturated heterocycles. The van der Waals surface area contributed by atoms with Crippen LogP contribution in [0.3, 0.4) is 0 Å². The molecule has 116 valence electrons. The molecule has 23 heavy (non-hydrogen) atoms. The Morgan fingerprint density at radius 2 is 1.96 bits per heavy atom. The lowest BCUT2D eigenvalue weighted by atomic mass is 10.2. The first-order valence-corrected chi connectivity index (χ1v) is 7.24.